The van der Waals surface area contributed by atoms with Crippen LogP contribution in [0.4, 0.5) is 5.69 Å². The average Bonchev–Trinajstić information content (AvgIpc) is 2.64. The summed E-state index contributed by atoms with van der Waals surface area (Å²) in [7, 11) is 8.58. The maximum atomic E-state index is 12.6. The molecule has 0 aliphatic heterocycles. The van der Waals surface area contributed by atoms with E-state index in [4.69, 9.17) is 14.2 Å². The Morgan fingerprint density at radius 2 is 1.68 bits per heavy atom. The minimum atomic E-state index is -0.155. The van der Waals surface area contributed by atoms with E-state index in [-0.39, 0.29) is 5.78 Å². The predicted molar refractivity (Wildman–Crippen MR) is 100 cm³/mol. The minimum absolute atomic E-state index is 0.155. The molecule has 0 heterocycles. The standard InChI is InChI=1S/C20H23NO4/c1-21(2)16-13-14(10-12-18(16)23-3)9-11-17(22)15-7-6-8-19(24-4)20(15)25-5/h6-13H,1-5H3. The molecule has 0 saturated heterocycles. The molecule has 0 bridgehead atoms. The summed E-state index contributed by atoms with van der Waals surface area (Å²) < 4.78 is 15.9. The van der Waals surface area contributed by atoms with Crippen molar-refractivity contribution in [2.75, 3.05) is 40.3 Å². The molecule has 5 nitrogen and oxygen atoms in total. The monoisotopic (exact) mass is 341 g/mol. The number of ketones is 1. The van der Waals surface area contributed by atoms with Gasteiger partial charge in [-0.05, 0) is 35.9 Å². The van der Waals surface area contributed by atoms with Crippen LogP contribution in [0.5, 0.6) is 17.2 Å². The van der Waals surface area contributed by atoms with Crippen molar-refractivity contribution in [1.29, 1.82) is 0 Å². The lowest BCUT2D eigenvalue weighted by atomic mass is 10.1. The topological polar surface area (TPSA) is 48.0 Å². The maximum absolute atomic E-state index is 12.6. The molecule has 0 fully saturated rings. The third-order valence-electron chi connectivity index (χ3n) is 3.78. The first-order valence-corrected chi connectivity index (χ1v) is 7.80. The summed E-state index contributed by atoms with van der Waals surface area (Å²) in [5.41, 5.74) is 2.30. The Morgan fingerprint density at radius 1 is 0.960 bits per heavy atom. The first-order chi connectivity index (χ1) is 12.0. The summed E-state index contributed by atoms with van der Waals surface area (Å²) in [6, 6.07) is 11.0. The molecule has 0 atom stereocenters. The predicted octanol–water partition coefficient (Wildman–Crippen LogP) is 3.67. The average molecular weight is 341 g/mol. The van der Waals surface area contributed by atoms with E-state index in [1.54, 1.807) is 38.5 Å². The number of rotatable bonds is 7. The van der Waals surface area contributed by atoms with Crippen LogP contribution in [-0.4, -0.2) is 41.2 Å². The Morgan fingerprint density at radius 3 is 2.28 bits per heavy atom. The molecule has 0 saturated carbocycles. The number of methoxy groups -OCH3 is 3. The number of hydrogen-bond donors (Lipinski definition) is 0. The highest BCUT2D eigenvalue weighted by Crippen LogP contribution is 2.31. The lowest BCUT2D eigenvalue weighted by Gasteiger charge is -2.17. The molecule has 0 aliphatic carbocycles. The van der Waals surface area contributed by atoms with Crippen molar-refractivity contribution in [2.45, 2.75) is 0 Å². The van der Waals surface area contributed by atoms with Crippen molar-refractivity contribution in [2.24, 2.45) is 0 Å². The van der Waals surface area contributed by atoms with Crippen LogP contribution in [0.3, 0.4) is 0 Å². The highest BCUT2D eigenvalue weighted by Gasteiger charge is 2.14. The van der Waals surface area contributed by atoms with Crippen molar-refractivity contribution in [3.8, 4) is 17.2 Å². The van der Waals surface area contributed by atoms with Gasteiger partial charge in [0.15, 0.2) is 17.3 Å². The fourth-order valence-corrected chi connectivity index (χ4v) is 2.50. The van der Waals surface area contributed by atoms with Crippen molar-refractivity contribution in [3.63, 3.8) is 0 Å². The fourth-order valence-electron chi connectivity index (χ4n) is 2.50. The fraction of sp³-hybridized carbons (Fsp3) is 0.250. The van der Waals surface area contributed by atoms with Gasteiger partial charge in [-0.2, -0.15) is 0 Å². The van der Waals surface area contributed by atoms with Crippen LogP contribution in [0.25, 0.3) is 6.08 Å². The number of nitrogens with zero attached hydrogens (tertiary/aromatic N) is 1. The summed E-state index contributed by atoms with van der Waals surface area (Å²) in [5.74, 6) is 1.59. The van der Waals surface area contributed by atoms with Gasteiger partial charge in [-0.1, -0.05) is 18.2 Å². The lowest BCUT2D eigenvalue weighted by molar-refractivity contribution is 0.104. The Bertz CT molecular complexity index is 781. The molecule has 0 aromatic heterocycles. The van der Waals surface area contributed by atoms with Crippen LogP contribution in [-0.2, 0) is 0 Å². The van der Waals surface area contributed by atoms with Gasteiger partial charge in [0.05, 0.1) is 32.6 Å². The van der Waals surface area contributed by atoms with E-state index in [9.17, 15) is 4.79 Å². The first kappa shape index (κ1) is 18.4. The highest BCUT2D eigenvalue weighted by molar-refractivity contribution is 6.09. The minimum Gasteiger partial charge on any atom is -0.495 e. The first-order valence-electron chi connectivity index (χ1n) is 7.80. The van der Waals surface area contributed by atoms with Crippen molar-refractivity contribution < 1.29 is 19.0 Å². The van der Waals surface area contributed by atoms with Gasteiger partial charge < -0.3 is 19.1 Å². The Labute approximate surface area is 148 Å². The number of benzene rings is 2. The Balaban J connectivity index is 2.31. The van der Waals surface area contributed by atoms with Crippen LogP contribution in [0.1, 0.15) is 15.9 Å². The highest BCUT2D eigenvalue weighted by atomic mass is 16.5. The van der Waals surface area contributed by atoms with Gasteiger partial charge in [0.25, 0.3) is 0 Å². The molecular formula is C20H23NO4. The number of allylic oxidation sites excluding steroid dienone is 1. The number of carbonyl (C=O) groups is 1. The Hall–Kier alpha value is -2.95. The summed E-state index contributed by atoms with van der Waals surface area (Å²) >= 11 is 0. The third kappa shape index (κ3) is 4.12. The van der Waals surface area contributed by atoms with E-state index in [1.165, 1.54) is 13.2 Å². The molecule has 5 heteroatoms. The molecular weight excluding hydrogens is 318 g/mol. The zero-order valence-corrected chi connectivity index (χ0v) is 15.2. The van der Waals surface area contributed by atoms with Gasteiger partial charge in [0.2, 0.25) is 0 Å². The summed E-state index contributed by atoms with van der Waals surface area (Å²) in [4.78, 5) is 14.5. The van der Waals surface area contributed by atoms with Crippen LogP contribution in [0.15, 0.2) is 42.5 Å². The maximum Gasteiger partial charge on any atom is 0.189 e. The number of hydrogen-bond acceptors (Lipinski definition) is 5. The van der Waals surface area contributed by atoms with E-state index >= 15 is 0 Å². The quantitative estimate of drug-likeness (QED) is 0.568. The molecule has 2 aromatic rings. The van der Waals surface area contributed by atoms with Crippen LogP contribution in [0.2, 0.25) is 0 Å². The SMILES string of the molecule is COc1ccc(C=CC(=O)c2cccc(OC)c2OC)cc1N(C)C. The van der Waals surface area contributed by atoms with Crippen molar-refractivity contribution in [3.05, 3.63) is 53.6 Å². The van der Waals surface area contributed by atoms with Crippen LogP contribution < -0.4 is 19.1 Å². The van der Waals surface area contributed by atoms with E-state index in [2.05, 4.69) is 0 Å². The zero-order valence-electron chi connectivity index (χ0n) is 15.2. The van der Waals surface area contributed by atoms with E-state index in [0.29, 0.717) is 17.1 Å². The molecule has 0 amide bonds. The molecule has 2 rings (SSSR count). The molecule has 0 unspecified atom stereocenters. The van der Waals surface area contributed by atoms with Gasteiger partial charge in [0.1, 0.15) is 5.75 Å². The summed E-state index contributed by atoms with van der Waals surface area (Å²) in [5, 5.41) is 0. The van der Waals surface area contributed by atoms with Crippen LogP contribution >= 0.6 is 0 Å². The van der Waals surface area contributed by atoms with Crippen molar-refractivity contribution >= 4 is 17.5 Å². The summed E-state index contributed by atoms with van der Waals surface area (Å²) in [6.45, 7) is 0. The lowest BCUT2D eigenvalue weighted by Crippen LogP contribution is -2.10. The smallest absolute Gasteiger partial charge is 0.189 e. The van der Waals surface area contributed by atoms with Gasteiger partial charge in [0, 0.05) is 14.1 Å². The van der Waals surface area contributed by atoms with E-state index in [1.807, 2.05) is 37.2 Å². The van der Waals surface area contributed by atoms with E-state index in [0.717, 1.165) is 17.0 Å². The van der Waals surface area contributed by atoms with Crippen LogP contribution in [0, 0.1) is 0 Å². The normalized spacial score (nSPS) is 10.6. The number of carbonyl (C=O) groups excluding carboxylic acids is 1. The number of ether oxygens (including phenoxy) is 3. The second-order valence-electron chi connectivity index (χ2n) is 5.56. The number of para-hydroxylation sites is 1. The second-order valence-corrected chi connectivity index (χ2v) is 5.56. The van der Waals surface area contributed by atoms with Gasteiger partial charge in [-0.15, -0.1) is 0 Å². The largest absolute Gasteiger partial charge is 0.495 e. The van der Waals surface area contributed by atoms with Crippen molar-refractivity contribution in [1.82, 2.24) is 0 Å². The van der Waals surface area contributed by atoms with Gasteiger partial charge >= 0.3 is 0 Å². The summed E-state index contributed by atoms with van der Waals surface area (Å²) in [6.07, 6.45) is 3.30. The molecule has 0 aliphatic rings. The van der Waals surface area contributed by atoms with Gasteiger partial charge in [-0.25, -0.2) is 0 Å². The molecule has 0 radical (unpaired) electrons. The molecule has 132 valence electrons. The second kappa shape index (κ2) is 8.24. The third-order valence-corrected chi connectivity index (χ3v) is 3.78. The molecule has 2 aromatic carbocycles. The number of anilines is 1. The Kier molecular flexibility index (Phi) is 6.06. The van der Waals surface area contributed by atoms with E-state index < -0.39 is 0 Å². The zero-order chi connectivity index (χ0) is 18.4. The molecule has 0 N–H and O–H groups in total. The molecule has 0 spiro atoms. The molecule has 25 heavy (non-hydrogen) atoms. The van der Waals surface area contributed by atoms with Gasteiger partial charge in [-0.3, -0.25) is 4.79 Å².